The Balaban J connectivity index is 2.05. The third-order valence-electron chi connectivity index (χ3n) is 4.26. The molecule has 0 radical (unpaired) electrons. The maximum atomic E-state index is 5.67. The second-order valence-electron chi connectivity index (χ2n) is 5.88. The van der Waals surface area contributed by atoms with Crippen molar-refractivity contribution in [3.8, 4) is 5.75 Å². The van der Waals surface area contributed by atoms with Crippen LogP contribution in [0.4, 0.5) is 0 Å². The number of nitrogens with zero attached hydrogens (tertiary/aromatic N) is 1. The summed E-state index contributed by atoms with van der Waals surface area (Å²) in [6, 6.07) is 11.0. The summed E-state index contributed by atoms with van der Waals surface area (Å²) in [5.41, 5.74) is 1.24. The zero-order chi connectivity index (χ0) is 16.2. The molecule has 1 saturated heterocycles. The van der Waals surface area contributed by atoms with Gasteiger partial charge in [-0.15, -0.1) is 11.3 Å². The van der Waals surface area contributed by atoms with Gasteiger partial charge in [0.15, 0.2) is 0 Å². The largest absolute Gasteiger partial charge is 0.496 e. The van der Waals surface area contributed by atoms with Crippen LogP contribution in [0.25, 0.3) is 0 Å². The zero-order valence-corrected chi connectivity index (χ0v) is 16.0. The molecule has 1 atom stereocenters. The predicted molar refractivity (Wildman–Crippen MR) is 101 cm³/mol. The van der Waals surface area contributed by atoms with Crippen molar-refractivity contribution in [3.63, 3.8) is 0 Å². The molecule has 1 aliphatic heterocycles. The Morgan fingerprint density at radius 2 is 2.09 bits per heavy atom. The van der Waals surface area contributed by atoms with E-state index in [1.54, 1.807) is 7.11 Å². The molecular formula is C18H23BrN2OS. The maximum Gasteiger partial charge on any atom is 0.124 e. The van der Waals surface area contributed by atoms with E-state index >= 15 is 0 Å². The molecule has 3 nitrogen and oxygen atoms in total. The Kier molecular flexibility index (Phi) is 5.75. The summed E-state index contributed by atoms with van der Waals surface area (Å²) in [5.74, 6) is 0.960. The zero-order valence-electron chi connectivity index (χ0n) is 13.6. The first-order chi connectivity index (χ1) is 11.2. The first-order valence-corrected chi connectivity index (χ1v) is 9.64. The summed E-state index contributed by atoms with van der Waals surface area (Å²) in [6.07, 6.45) is 1.18. The summed E-state index contributed by atoms with van der Waals surface area (Å²) in [5, 5.41) is 3.50. The molecule has 0 bridgehead atoms. The summed E-state index contributed by atoms with van der Waals surface area (Å²) < 4.78 is 6.77. The summed E-state index contributed by atoms with van der Waals surface area (Å²) in [6.45, 7) is 6.47. The highest BCUT2D eigenvalue weighted by atomic mass is 79.9. The normalized spacial score (nSPS) is 17.7. The summed E-state index contributed by atoms with van der Waals surface area (Å²) in [7, 11) is 1.76. The minimum atomic E-state index is 0.251. The van der Waals surface area contributed by atoms with Crippen LogP contribution in [0.3, 0.4) is 0 Å². The van der Waals surface area contributed by atoms with E-state index in [0.717, 1.165) is 36.4 Å². The van der Waals surface area contributed by atoms with Gasteiger partial charge in [0.25, 0.3) is 0 Å². The summed E-state index contributed by atoms with van der Waals surface area (Å²) >= 11 is 5.51. The van der Waals surface area contributed by atoms with E-state index in [0.29, 0.717) is 0 Å². The van der Waals surface area contributed by atoms with Crippen molar-refractivity contribution in [2.45, 2.75) is 19.4 Å². The van der Waals surface area contributed by atoms with Gasteiger partial charge < -0.3 is 10.1 Å². The average Bonchev–Trinajstić information content (AvgIpc) is 2.80. The lowest BCUT2D eigenvalue weighted by molar-refractivity contribution is 0.239. The minimum absolute atomic E-state index is 0.251. The van der Waals surface area contributed by atoms with Gasteiger partial charge in [-0.1, -0.05) is 15.9 Å². The highest BCUT2D eigenvalue weighted by Crippen LogP contribution is 2.39. The fourth-order valence-electron chi connectivity index (χ4n) is 3.17. The molecule has 124 valence electrons. The van der Waals surface area contributed by atoms with Crippen molar-refractivity contribution in [3.05, 3.63) is 50.1 Å². The lowest BCUT2D eigenvalue weighted by Gasteiger charge is -2.31. The van der Waals surface area contributed by atoms with Gasteiger partial charge in [-0.2, -0.15) is 0 Å². The molecule has 1 aromatic carbocycles. The molecule has 23 heavy (non-hydrogen) atoms. The number of methoxy groups -OCH3 is 1. The third kappa shape index (κ3) is 3.97. The van der Waals surface area contributed by atoms with Gasteiger partial charge in [0.2, 0.25) is 0 Å². The Labute approximate surface area is 150 Å². The van der Waals surface area contributed by atoms with Gasteiger partial charge >= 0.3 is 0 Å². The average molecular weight is 395 g/mol. The molecule has 0 aliphatic carbocycles. The number of rotatable bonds is 4. The molecule has 1 aromatic heterocycles. The predicted octanol–water partition coefficient (Wildman–Crippen LogP) is 4.21. The number of benzene rings is 1. The Bertz CT molecular complexity index is 650. The maximum absolute atomic E-state index is 5.67. The number of ether oxygens (including phenoxy) is 1. The number of thiophene rings is 1. The quantitative estimate of drug-likeness (QED) is 0.839. The lowest BCUT2D eigenvalue weighted by atomic mass is 10.0. The topological polar surface area (TPSA) is 24.5 Å². The standard InChI is InChI=1S/C18H23BrN2OS/c1-13-4-7-17(23-13)18(21-10-3-8-20-9-11-21)15-12-14(19)5-6-16(15)22-2/h4-7,12,18,20H,3,8-11H2,1-2H3. The van der Waals surface area contributed by atoms with Gasteiger partial charge in [-0.3, -0.25) is 4.90 Å². The van der Waals surface area contributed by atoms with Gasteiger partial charge in [-0.25, -0.2) is 0 Å². The molecule has 0 saturated carbocycles. The van der Waals surface area contributed by atoms with Gasteiger partial charge in [-0.05, 0) is 50.2 Å². The van der Waals surface area contributed by atoms with Gasteiger partial charge in [0.1, 0.15) is 5.75 Å². The first-order valence-electron chi connectivity index (χ1n) is 8.03. The molecule has 0 spiro atoms. The smallest absolute Gasteiger partial charge is 0.124 e. The molecule has 1 fully saturated rings. The number of halogens is 1. The Morgan fingerprint density at radius 3 is 2.83 bits per heavy atom. The van der Waals surface area contributed by atoms with Crippen LogP contribution in [-0.4, -0.2) is 38.2 Å². The van der Waals surface area contributed by atoms with Crippen LogP contribution in [0.5, 0.6) is 5.75 Å². The van der Waals surface area contributed by atoms with E-state index in [2.05, 4.69) is 57.3 Å². The molecule has 2 heterocycles. The highest BCUT2D eigenvalue weighted by molar-refractivity contribution is 9.10. The molecule has 5 heteroatoms. The second-order valence-corrected chi connectivity index (χ2v) is 8.11. The van der Waals surface area contributed by atoms with E-state index in [4.69, 9.17) is 4.74 Å². The van der Waals surface area contributed by atoms with Crippen molar-refractivity contribution < 1.29 is 4.74 Å². The Morgan fingerprint density at radius 1 is 1.22 bits per heavy atom. The third-order valence-corrected chi connectivity index (χ3v) is 5.80. The lowest BCUT2D eigenvalue weighted by Crippen LogP contribution is -2.32. The van der Waals surface area contributed by atoms with E-state index in [9.17, 15) is 0 Å². The SMILES string of the molecule is COc1ccc(Br)cc1C(c1ccc(C)s1)N1CCCNCC1. The summed E-state index contributed by atoms with van der Waals surface area (Å²) in [4.78, 5) is 5.32. The van der Waals surface area contributed by atoms with Crippen molar-refractivity contribution >= 4 is 27.3 Å². The van der Waals surface area contributed by atoms with Crippen LogP contribution >= 0.6 is 27.3 Å². The fourth-order valence-corrected chi connectivity index (χ4v) is 4.58. The first kappa shape index (κ1) is 17.0. The molecule has 1 N–H and O–H groups in total. The van der Waals surface area contributed by atoms with Crippen molar-refractivity contribution in [2.75, 3.05) is 33.3 Å². The number of hydrogen-bond acceptors (Lipinski definition) is 4. The fraction of sp³-hybridized carbons (Fsp3) is 0.444. The van der Waals surface area contributed by atoms with Gasteiger partial charge in [0.05, 0.1) is 13.2 Å². The number of aryl methyl sites for hydroxylation is 1. The number of nitrogens with one attached hydrogen (secondary N) is 1. The van der Waals surface area contributed by atoms with E-state index in [1.165, 1.54) is 21.7 Å². The van der Waals surface area contributed by atoms with E-state index in [1.807, 2.05) is 17.4 Å². The van der Waals surface area contributed by atoms with Crippen LogP contribution < -0.4 is 10.1 Å². The molecule has 3 rings (SSSR count). The monoisotopic (exact) mass is 394 g/mol. The van der Waals surface area contributed by atoms with Crippen LogP contribution in [0.15, 0.2) is 34.8 Å². The highest BCUT2D eigenvalue weighted by Gasteiger charge is 2.27. The van der Waals surface area contributed by atoms with Crippen molar-refractivity contribution in [1.29, 1.82) is 0 Å². The van der Waals surface area contributed by atoms with E-state index < -0.39 is 0 Å². The second kappa shape index (κ2) is 7.79. The van der Waals surface area contributed by atoms with Gasteiger partial charge in [0, 0.05) is 39.4 Å². The van der Waals surface area contributed by atoms with Crippen LogP contribution in [0.1, 0.15) is 27.8 Å². The Hall–Kier alpha value is -0.880. The van der Waals surface area contributed by atoms with Crippen LogP contribution in [0, 0.1) is 6.92 Å². The van der Waals surface area contributed by atoms with E-state index in [-0.39, 0.29) is 6.04 Å². The molecule has 2 aromatic rings. The van der Waals surface area contributed by atoms with Crippen LogP contribution in [0.2, 0.25) is 0 Å². The van der Waals surface area contributed by atoms with Crippen molar-refractivity contribution in [2.24, 2.45) is 0 Å². The number of hydrogen-bond donors (Lipinski definition) is 1. The molecule has 0 amide bonds. The van der Waals surface area contributed by atoms with Crippen LogP contribution in [-0.2, 0) is 0 Å². The minimum Gasteiger partial charge on any atom is -0.496 e. The van der Waals surface area contributed by atoms with Crippen molar-refractivity contribution in [1.82, 2.24) is 10.2 Å². The molecule has 1 aliphatic rings. The molecule has 1 unspecified atom stereocenters. The molecular weight excluding hydrogens is 372 g/mol.